The number of carbonyl (C=O) groups excluding carboxylic acids is 2. The van der Waals surface area contributed by atoms with E-state index in [2.05, 4.69) is 17.6 Å². The summed E-state index contributed by atoms with van der Waals surface area (Å²) in [5.41, 5.74) is 0.511. The fourth-order valence-corrected chi connectivity index (χ4v) is 3.43. The van der Waals surface area contributed by atoms with Crippen LogP contribution in [0.25, 0.3) is 0 Å². The fraction of sp³-hybridized carbons (Fsp3) is 0.600. The lowest BCUT2D eigenvalue weighted by molar-refractivity contribution is -0.127. The van der Waals surface area contributed by atoms with Gasteiger partial charge in [0.2, 0.25) is 11.8 Å². The van der Waals surface area contributed by atoms with Crippen LogP contribution in [0.2, 0.25) is 5.02 Å². The number of anilines is 1. The maximum atomic E-state index is 12.5. The SMILES string of the molecule is COc1ccc(Cl)cc1NC(=O)CN(C)C(C)C(=O)NC1CCC(C)CC1. The van der Waals surface area contributed by atoms with E-state index in [1.165, 1.54) is 7.11 Å². The van der Waals surface area contributed by atoms with Gasteiger partial charge in [-0.1, -0.05) is 18.5 Å². The zero-order valence-electron chi connectivity index (χ0n) is 16.5. The largest absolute Gasteiger partial charge is 0.495 e. The minimum Gasteiger partial charge on any atom is -0.495 e. The quantitative estimate of drug-likeness (QED) is 0.743. The first kappa shape index (κ1) is 21.5. The Morgan fingerprint density at radius 2 is 1.96 bits per heavy atom. The van der Waals surface area contributed by atoms with Gasteiger partial charge < -0.3 is 15.4 Å². The number of methoxy groups -OCH3 is 1. The standard InChI is InChI=1S/C20H30ClN3O3/c1-13-5-8-16(9-6-13)22-20(26)14(2)24(3)12-19(25)23-17-11-15(21)7-10-18(17)27-4/h7,10-11,13-14,16H,5-6,8-9,12H2,1-4H3,(H,22,26)(H,23,25). The van der Waals surface area contributed by atoms with Crippen molar-refractivity contribution in [2.75, 3.05) is 26.0 Å². The minimum atomic E-state index is -0.392. The number of ether oxygens (including phenoxy) is 1. The van der Waals surface area contributed by atoms with Crippen molar-refractivity contribution in [1.29, 1.82) is 0 Å². The van der Waals surface area contributed by atoms with Crippen molar-refractivity contribution in [1.82, 2.24) is 10.2 Å². The molecule has 1 aromatic carbocycles. The molecule has 0 radical (unpaired) electrons. The Bertz CT molecular complexity index is 660. The third kappa shape index (κ3) is 6.40. The highest BCUT2D eigenvalue weighted by Crippen LogP contribution is 2.27. The van der Waals surface area contributed by atoms with Crippen LogP contribution in [-0.2, 0) is 9.59 Å². The van der Waals surface area contributed by atoms with E-state index in [1.807, 2.05) is 6.92 Å². The van der Waals surface area contributed by atoms with Crippen LogP contribution < -0.4 is 15.4 Å². The normalized spacial score (nSPS) is 20.8. The first-order valence-corrected chi connectivity index (χ1v) is 9.82. The molecule has 0 spiro atoms. The van der Waals surface area contributed by atoms with Crippen LogP contribution in [0.3, 0.4) is 0 Å². The average molecular weight is 396 g/mol. The van der Waals surface area contributed by atoms with E-state index in [0.29, 0.717) is 16.5 Å². The Kier molecular flexibility index (Phi) is 7.92. The molecule has 0 aromatic heterocycles. The maximum Gasteiger partial charge on any atom is 0.238 e. The first-order valence-electron chi connectivity index (χ1n) is 9.44. The molecular weight excluding hydrogens is 366 g/mol. The second-order valence-electron chi connectivity index (χ2n) is 7.45. The number of hydrogen-bond acceptors (Lipinski definition) is 4. The summed E-state index contributed by atoms with van der Waals surface area (Å²) < 4.78 is 5.23. The van der Waals surface area contributed by atoms with Gasteiger partial charge in [0, 0.05) is 11.1 Å². The van der Waals surface area contributed by atoms with Gasteiger partial charge in [-0.3, -0.25) is 14.5 Å². The van der Waals surface area contributed by atoms with E-state index in [1.54, 1.807) is 30.1 Å². The van der Waals surface area contributed by atoms with Crippen LogP contribution in [0.5, 0.6) is 5.75 Å². The summed E-state index contributed by atoms with van der Waals surface area (Å²) >= 11 is 5.99. The number of hydrogen-bond donors (Lipinski definition) is 2. The van der Waals surface area contributed by atoms with Crippen molar-refractivity contribution in [2.45, 2.75) is 51.6 Å². The van der Waals surface area contributed by atoms with Crippen LogP contribution in [0, 0.1) is 5.92 Å². The molecule has 1 aromatic rings. The van der Waals surface area contributed by atoms with E-state index in [9.17, 15) is 9.59 Å². The number of benzene rings is 1. The number of amides is 2. The highest BCUT2D eigenvalue weighted by molar-refractivity contribution is 6.31. The topological polar surface area (TPSA) is 70.7 Å². The predicted octanol–water partition coefficient (Wildman–Crippen LogP) is 3.30. The lowest BCUT2D eigenvalue weighted by Gasteiger charge is -2.30. The van der Waals surface area contributed by atoms with E-state index in [0.717, 1.165) is 31.6 Å². The van der Waals surface area contributed by atoms with Gasteiger partial charge in [-0.2, -0.15) is 0 Å². The number of halogens is 1. The molecule has 1 fully saturated rings. The summed E-state index contributed by atoms with van der Waals surface area (Å²) in [6.45, 7) is 4.15. The molecule has 1 aliphatic carbocycles. The number of nitrogens with one attached hydrogen (secondary N) is 2. The summed E-state index contributed by atoms with van der Waals surface area (Å²) in [5, 5.41) is 6.42. The fourth-order valence-electron chi connectivity index (χ4n) is 3.26. The van der Waals surface area contributed by atoms with Crippen molar-refractivity contribution < 1.29 is 14.3 Å². The monoisotopic (exact) mass is 395 g/mol. The lowest BCUT2D eigenvalue weighted by atomic mass is 9.87. The Hall–Kier alpha value is -1.79. The first-order chi connectivity index (χ1) is 12.8. The number of carbonyl (C=O) groups is 2. The smallest absolute Gasteiger partial charge is 0.238 e. The Balaban J connectivity index is 1.86. The molecule has 1 saturated carbocycles. The van der Waals surface area contributed by atoms with Gasteiger partial charge in [0.1, 0.15) is 5.75 Å². The highest BCUT2D eigenvalue weighted by atomic mass is 35.5. The molecule has 1 atom stereocenters. The second kappa shape index (κ2) is 9.95. The Morgan fingerprint density at radius 3 is 2.59 bits per heavy atom. The number of nitrogens with zero attached hydrogens (tertiary/aromatic N) is 1. The molecule has 0 aliphatic heterocycles. The van der Waals surface area contributed by atoms with Crippen LogP contribution in [0.15, 0.2) is 18.2 Å². The second-order valence-corrected chi connectivity index (χ2v) is 7.89. The molecule has 2 N–H and O–H groups in total. The van der Waals surface area contributed by atoms with Gasteiger partial charge in [-0.25, -0.2) is 0 Å². The van der Waals surface area contributed by atoms with E-state index in [-0.39, 0.29) is 24.4 Å². The van der Waals surface area contributed by atoms with Crippen LogP contribution >= 0.6 is 11.6 Å². The molecule has 2 amide bonds. The summed E-state index contributed by atoms with van der Waals surface area (Å²) in [6, 6.07) is 4.88. The third-order valence-corrected chi connectivity index (χ3v) is 5.47. The maximum absolute atomic E-state index is 12.5. The molecule has 0 bridgehead atoms. The van der Waals surface area contributed by atoms with E-state index in [4.69, 9.17) is 16.3 Å². The number of likely N-dealkylation sites (N-methyl/N-ethyl adjacent to an activating group) is 1. The average Bonchev–Trinajstić information content (AvgIpc) is 2.63. The van der Waals surface area contributed by atoms with Crippen molar-refractivity contribution in [3.05, 3.63) is 23.2 Å². The number of rotatable bonds is 7. The van der Waals surface area contributed by atoms with Gasteiger partial charge >= 0.3 is 0 Å². The summed E-state index contributed by atoms with van der Waals surface area (Å²) in [7, 11) is 3.30. The molecule has 0 saturated heterocycles. The third-order valence-electron chi connectivity index (χ3n) is 5.23. The van der Waals surface area contributed by atoms with Crippen molar-refractivity contribution >= 4 is 29.1 Å². The lowest BCUT2D eigenvalue weighted by Crippen LogP contribution is -2.49. The van der Waals surface area contributed by atoms with Gasteiger partial charge in [0.05, 0.1) is 25.4 Å². The van der Waals surface area contributed by atoms with Crippen LogP contribution in [0.1, 0.15) is 39.5 Å². The zero-order valence-corrected chi connectivity index (χ0v) is 17.3. The highest BCUT2D eigenvalue weighted by Gasteiger charge is 2.25. The molecular formula is C20H30ClN3O3. The molecule has 7 heteroatoms. The van der Waals surface area contributed by atoms with Gasteiger partial charge in [0.15, 0.2) is 0 Å². The predicted molar refractivity (Wildman–Crippen MR) is 108 cm³/mol. The minimum absolute atomic E-state index is 0.0369. The van der Waals surface area contributed by atoms with Gasteiger partial charge in [-0.05, 0) is 63.8 Å². The molecule has 1 unspecified atom stereocenters. The molecule has 2 rings (SSSR count). The molecule has 0 heterocycles. The van der Waals surface area contributed by atoms with Crippen molar-refractivity contribution in [2.24, 2.45) is 5.92 Å². The van der Waals surface area contributed by atoms with Gasteiger partial charge in [0.25, 0.3) is 0 Å². The zero-order chi connectivity index (χ0) is 20.0. The molecule has 6 nitrogen and oxygen atoms in total. The van der Waals surface area contributed by atoms with Crippen molar-refractivity contribution in [3.63, 3.8) is 0 Å². The van der Waals surface area contributed by atoms with E-state index < -0.39 is 6.04 Å². The molecule has 27 heavy (non-hydrogen) atoms. The Morgan fingerprint density at radius 1 is 1.30 bits per heavy atom. The van der Waals surface area contributed by atoms with Crippen LogP contribution in [-0.4, -0.2) is 49.5 Å². The summed E-state index contributed by atoms with van der Waals surface area (Å²) in [4.78, 5) is 26.6. The molecule has 1 aliphatic rings. The summed E-state index contributed by atoms with van der Waals surface area (Å²) in [5.74, 6) is 1.01. The van der Waals surface area contributed by atoms with Crippen LogP contribution in [0.4, 0.5) is 5.69 Å². The van der Waals surface area contributed by atoms with Gasteiger partial charge in [-0.15, -0.1) is 0 Å². The van der Waals surface area contributed by atoms with Crippen molar-refractivity contribution in [3.8, 4) is 5.75 Å². The summed E-state index contributed by atoms with van der Waals surface area (Å²) in [6.07, 6.45) is 4.36. The molecule has 150 valence electrons. The van der Waals surface area contributed by atoms with E-state index >= 15 is 0 Å². The Labute approximate surface area is 166 Å².